The van der Waals surface area contributed by atoms with E-state index in [9.17, 15) is 17.6 Å². The lowest BCUT2D eigenvalue weighted by molar-refractivity contribution is 0.0697. The molecule has 20 heavy (non-hydrogen) atoms. The normalized spacial score (nSPS) is 11.3. The molecule has 0 spiro atoms. The Kier molecular flexibility index (Phi) is 3.73. The van der Waals surface area contributed by atoms with Crippen LogP contribution in [0.3, 0.4) is 0 Å². The van der Waals surface area contributed by atoms with Gasteiger partial charge in [0, 0.05) is 0 Å². The monoisotopic (exact) mass is 316 g/mol. The van der Waals surface area contributed by atoms with Gasteiger partial charge in [-0.3, -0.25) is 4.72 Å². The van der Waals surface area contributed by atoms with Gasteiger partial charge in [0.2, 0.25) is 0 Å². The molecule has 0 radical (unpaired) electrons. The molecule has 0 atom stereocenters. The third-order valence-electron chi connectivity index (χ3n) is 2.41. The van der Waals surface area contributed by atoms with Gasteiger partial charge >= 0.3 is 5.97 Å². The number of carboxylic acid groups (broad SMARTS) is 1. The zero-order valence-electron chi connectivity index (χ0n) is 10.1. The Morgan fingerprint density at radius 2 is 2.15 bits per heavy atom. The summed E-state index contributed by atoms with van der Waals surface area (Å²) in [6, 6.07) is 4.41. The molecule has 0 unspecified atom stereocenters. The molecule has 0 fully saturated rings. The molecular formula is C11H9FN2O4S2. The third-order valence-corrected chi connectivity index (χ3v) is 4.74. The van der Waals surface area contributed by atoms with Crippen LogP contribution in [-0.2, 0) is 10.0 Å². The van der Waals surface area contributed by atoms with Gasteiger partial charge in [-0.25, -0.2) is 17.6 Å². The number of aryl methyl sites for hydroxylation is 1. The first kappa shape index (κ1) is 14.4. The minimum absolute atomic E-state index is 0.112. The number of hydrogen-bond acceptors (Lipinski definition) is 5. The predicted molar refractivity (Wildman–Crippen MR) is 71.0 cm³/mol. The average molecular weight is 316 g/mol. The number of nitrogens with one attached hydrogen (secondary N) is 1. The lowest BCUT2D eigenvalue weighted by Gasteiger charge is -2.06. The Labute approximate surface area is 118 Å². The molecule has 2 rings (SSSR count). The van der Waals surface area contributed by atoms with Crippen LogP contribution in [0.25, 0.3) is 0 Å². The molecule has 2 aromatic rings. The van der Waals surface area contributed by atoms with Gasteiger partial charge < -0.3 is 5.11 Å². The lowest BCUT2D eigenvalue weighted by Crippen LogP contribution is -2.14. The summed E-state index contributed by atoms with van der Waals surface area (Å²) in [5.41, 5.74) is -0.00517. The van der Waals surface area contributed by atoms with Gasteiger partial charge in [-0.15, -0.1) is 0 Å². The molecule has 0 aliphatic rings. The van der Waals surface area contributed by atoms with Crippen molar-refractivity contribution in [1.82, 2.24) is 4.37 Å². The van der Waals surface area contributed by atoms with Gasteiger partial charge in [0.05, 0.1) is 10.6 Å². The Bertz CT molecular complexity index is 770. The number of hydrogen-bond donors (Lipinski definition) is 2. The number of halogens is 1. The largest absolute Gasteiger partial charge is 0.478 e. The molecule has 0 saturated carbocycles. The molecule has 0 aliphatic carbocycles. The van der Waals surface area contributed by atoms with Gasteiger partial charge in [0.25, 0.3) is 10.0 Å². The smallest absolute Gasteiger partial charge is 0.340 e. The number of rotatable bonds is 4. The zero-order chi connectivity index (χ0) is 14.9. The molecule has 0 aliphatic heterocycles. The number of sulfonamides is 1. The van der Waals surface area contributed by atoms with E-state index in [0.29, 0.717) is 11.5 Å². The van der Waals surface area contributed by atoms with Gasteiger partial charge in [0.15, 0.2) is 0 Å². The highest BCUT2D eigenvalue weighted by molar-refractivity contribution is 7.93. The Morgan fingerprint density at radius 1 is 1.45 bits per heavy atom. The van der Waals surface area contributed by atoms with Crippen LogP contribution in [0.5, 0.6) is 0 Å². The third kappa shape index (κ3) is 2.78. The molecule has 9 heteroatoms. The lowest BCUT2D eigenvalue weighted by atomic mass is 10.2. The van der Waals surface area contributed by atoms with Gasteiger partial charge in [0.1, 0.15) is 16.4 Å². The number of aromatic nitrogens is 1. The summed E-state index contributed by atoms with van der Waals surface area (Å²) >= 11 is 0.715. The predicted octanol–water partition coefficient (Wildman–Crippen LogP) is 2.09. The SMILES string of the molecule is Cc1nsc(NS(=O)(=O)c2cccc(F)c2)c1C(=O)O. The quantitative estimate of drug-likeness (QED) is 0.900. The minimum Gasteiger partial charge on any atom is -0.478 e. The Hall–Kier alpha value is -2.00. The number of nitrogens with zero attached hydrogens (tertiary/aromatic N) is 1. The van der Waals surface area contributed by atoms with E-state index in [0.717, 1.165) is 12.1 Å². The second-order valence-electron chi connectivity index (χ2n) is 3.84. The first-order valence-corrected chi connectivity index (χ1v) is 7.55. The van der Waals surface area contributed by atoms with Gasteiger partial charge in [-0.2, -0.15) is 4.37 Å². The highest BCUT2D eigenvalue weighted by Crippen LogP contribution is 2.27. The van der Waals surface area contributed by atoms with Crippen LogP contribution in [0.15, 0.2) is 29.2 Å². The maximum atomic E-state index is 13.1. The topological polar surface area (TPSA) is 96.4 Å². The number of aromatic carboxylic acids is 1. The van der Waals surface area contributed by atoms with Crippen molar-refractivity contribution >= 4 is 32.5 Å². The van der Waals surface area contributed by atoms with Crippen LogP contribution in [0.4, 0.5) is 9.39 Å². The van der Waals surface area contributed by atoms with E-state index >= 15 is 0 Å². The van der Waals surface area contributed by atoms with E-state index in [1.165, 1.54) is 19.1 Å². The number of carboxylic acids is 1. The molecule has 106 valence electrons. The summed E-state index contributed by atoms with van der Waals surface area (Å²) in [5, 5.41) is 8.91. The van der Waals surface area contributed by atoms with E-state index in [1.807, 2.05) is 0 Å². The van der Waals surface area contributed by atoms with Crippen LogP contribution in [0, 0.1) is 12.7 Å². The Balaban J connectivity index is 2.41. The molecule has 1 aromatic carbocycles. The number of anilines is 1. The minimum atomic E-state index is -4.06. The Morgan fingerprint density at radius 3 is 2.75 bits per heavy atom. The van der Waals surface area contributed by atoms with Crippen molar-refractivity contribution < 1.29 is 22.7 Å². The van der Waals surface area contributed by atoms with E-state index in [4.69, 9.17) is 5.11 Å². The van der Waals surface area contributed by atoms with E-state index in [1.54, 1.807) is 0 Å². The van der Waals surface area contributed by atoms with Crippen LogP contribution in [-0.4, -0.2) is 23.9 Å². The zero-order valence-corrected chi connectivity index (χ0v) is 11.8. The number of carbonyl (C=O) groups is 1. The summed E-state index contributed by atoms with van der Waals surface area (Å²) in [7, 11) is -4.06. The molecule has 1 heterocycles. The molecule has 0 saturated heterocycles. The van der Waals surface area contributed by atoms with Crippen LogP contribution < -0.4 is 4.72 Å². The van der Waals surface area contributed by atoms with E-state index in [-0.39, 0.29) is 21.2 Å². The molecule has 0 amide bonds. The summed E-state index contributed by atoms with van der Waals surface area (Å²) < 4.78 is 43.1. The summed E-state index contributed by atoms with van der Waals surface area (Å²) in [6.45, 7) is 1.46. The molecule has 6 nitrogen and oxygen atoms in total. The van der Waals surface area contributed by atoms with Crippen molar-refractivity contribution in [1.29, 1.82) is 0 Å². The second-order valence-corrected chi connectivity index (χ2v) is 6.30. The maximum Gasteiger partial charge on any atom is 0.340 e. The van der Waals surface area contributed by atoms with E-state index < -0.39 is 21.8 Å². The highest BCUT2D eigenvalue weighted by Gasteiger charge is 2.23. The van der Waals surface area contributed by atoms with Crippen molar-refractivity contribution in [2.75, 3.05) is 4.72 Å². The fourth-order valence-corrected chi connectivity index (χ4v) is 3.62. The van der Waals surface area contributed by atoms with Crippen LogP contribution >= 0.6 is 11.5 Å². The average Bonchev–Trinajstić information content (AvgIpc) is 2.69. The molecular weight excluding hydrogens is 307 g/mol. The first-order valence-electron chi connectivity index (χ1n) is 5.29. The van der Waals surface area contributed by atoms with Crippen molar-refractivity contribution in [2.45, 2.75) is 11.8 Å². The van der Waals surface area contributed by atoms with E-state index in [2.05, 4.69) is 9.10 Å². The summed E-state index contributed by atoms with van der Waals surface area (Å²) in [6.07, 6.45) is 0. The van der Waals surface area contributed by atoms with Crippen molar-refractivity contribution in [3.63, 3.8) is 0 Å². The van der Waals surface area contributed by atoms with Crippen molar-refractivity contribution in [2.24, 2.45) is 0 Å². The van der Waals surface area contributed by atoms with Crippen molar-refractivity contribution in [3.05, 3.63) is 41.3 Å². The van der Waals surface area contributed by atoms with Gasteiger partial charge in [-0.1, -0.05) is 6.07 Å². The first-order chi connectivity index (χ1) is 9.31. The molecule has 0 bridgehead atoms. The fourth-order valence-electron chi connectivity index (χ4n) is 1.51. The molecule has 1 aromatic heterocycles. The van der Waals surface area contributed by atoms with Crippen molar-refractivity contribution in [3.8, 4) is 0 Å². The van der Waals surface area contributed by atoms with Crippen LogP contribution in [0.2, 0.25) is 0 Å². The molecule has 2 N–H and O–H groups in total. The van der Waals surface area contributed by atoms with Crippen LogP contribution in [0.1, 0.15) is 16.1 Å². The fraction of sp³-hybridized carbons (Fsp3) is 0.0909. The highest BCUT2D eigenvalue weighted by atomic mass is 32.2. The maximum absolute atomic E-state index is 13.1. The number of benzene rings is 1. The summed E-state index contributed by atoms with van der Waals surface area (Å²) in [5.74, 6) is -1.99. The standard InChI is InChI=1S/C11H9FN2O4S2/c1-6-9(11(15)16)10(19-13-6)14-20(17,18)8-4-2-3-7(12)5-8/h2-5,14H,1H3,(H,15,16). The second kappa shape index (κ2) is 5.17. The summed E-state index contributed by atoms with van der Waals surface area (Å²) in [4.78, 5) is 10.8. The van der Waals surface area contributed by atoms with Gasteiger partial charge in [-0.05, 0) is 36.7 Å².